The van der Waals surface area contributed by atoms with E-state index in [1.807, 2.05) is 39.0 Å². The van der Waals surface area contributed by atoms with E-state index in [0.717, 1.165) is 16.7 Å². The lowest BCUT2D eigenvalue weighted by Crippen LogP contribution is -2.27. The SMILES string of the molecule is Cc1ccc(C)c(C(C)NC(=O)c2cccc([N+](=O)[O-])c2)c1. The van der Waals surface area contributed by atoms with Crippen LogP contribution in [0.25, 0.3) is 0 Å². The van der Waals surface area contributed by atoms with Gasteiger partial charge >= 0.3 is 0 Å². The number of nitro benzene ring substituents is 1. The van der Waals surface area contributed by atoms with Gasteiger partial charge < -0.3 is 5.32 Å². The molecule has 2 rings (SSSR count). The molecule has 0 saturated heterocycles. The van der Waals surface area contributed by atoms with Crippen molar-refractivity contribution in [3.05, 3.63) is 74.8 Å². The summed E-state index contributed by atoms with van der Waals surface area (Å²) in [6.07, 6.45) is 0. The number of hydrogen-bond donors (Lipinski definition) is 1. The summed E-state index contributed by atoms with van der Waals surface area (Å²) >= 11 is 0. The highest BCUT2D eigenvalue weighted by Crippen LogP contribution is 2.20. The first-order chi connectivity index (χ1) is 10.4. The largest absolute Gasteiger partial charge is 0.346 e. The maximum absolute atomic E-state index is 12.3. The van der Waals surface area contributed by atoms with E-state index < -0.39 is 4.92 Å². The van der Waals surface area contributed by atoms with E-state index in [4.69, 9.17) is 0 Å². The first-order valence-corrected chi connectivity index (χ1v) is 7.01. The normalized spacial score (nSPS) is 11.8. The Labute approximate surface area is 129 Å². The monoisotopic (exact) mass is 298 g/mol. The Morgan fingerprint density at radius 2 is 1.91 bits per heavy atom. The number of nitro groups is 1. The zero-order valence-corrected chi connectivity index (χ0v) is 12.8. The highest BCUT2D eigenvalue weighted by Gasteiger charge is 2.15. The van der Waals surface area contributed by atoms with Crippen LogP contribution in [-0.4, -0.2) is 10.8 Å². The minimum Gasteiger partial charge on any atom is -0.346 e. The smallest absolute Gasteiger partial charge is 0.270 e. The Morgan fingerprint density at radius 3 is 2.59 bits per heavy atom. The third-order valence-corrected chi connectivity index (χ3v) is 3.57. The molecule has 0 aromatic heterocycles. The van der Waals surface area contributed by atoms with Crippen LogP contribution in [0.15, 0.2) is 42.5 Å². The van der Waals surface area contributed by atoms with Crippen LogP contribution < -0.4 is 5.32 Å². The van der Waals surface area contributed by atoms with Crippen LogP contribution in [-0.2, 0) is 0 Å². The fourth-order valence-corrected chi connectivity index (χ4v) is 2.34. The van der Waals surface area contributed by atoms with Gasteiger partial charge in [0.05, 0.1) is 11.0 Å². The molecule has 1 N–H and O–H groups in total. The van der Waals surface area contributed by atoms with Crippen molar-refractivity contribution in [2.24, 2.45) is 0 Å². The molecule has 0 aliphatic carbocycles. The number of carbonyl (C=O) groups is 1. The summed E-state index contributed by atoms with van der Waals surface area (Å²) < 4.78 is 0. The molecule has 0 aliphatic rings. The van der Waals surface area contributed by atoms with Crippen molar-refractivity contribution in [2.45, 2.75) is 26.8 Å². The summed E-state index contributed by atoms with van der Waals surface area (Å²) in [7, 11) is 0. The fourth-order valence-electron chi connectivity index (χ4n) is 2.34. The van der Waals surface area contributed by atoms with Gasteiger partial charge in [-0.25, -0.2) is 0 Å². The molecule has 1 atom stereocenters. The first-order valence-electron chi connectivity index (χ1n) is 7.01. The van der Waals surface area contributed by atoms with Gasteiger partial charge in [-0.15, -0.1) is 0 Å². The van der Waals surface area contributed by atoms with Gasteiger partial charge in [-0.3, -0.25) is 14.9 Å². The van der Waals surface area contributed by atoms with Crippen LogP contribution in [0.1, 0.15) is 40.0 Å². The Bertz CT molecular complexity index is 726. The molecule has 1 unspecified atom stereocenters. The topological polar surface area (TPSA) is 72.2 Å². The van der Waals surface area contributed by atoms with Gasteiger partial charge in [-0.1, -0.05) is 29.8 Å². The highest BCUT2D eigenvalue weighted by molar-refractivity contribution is 5.95. The summed E-state index contributed by atoms with van der Waals surface area (Å²) in [5.74, 6) is -0.322. The van der Waals surface area contributed by atoms with Gasteiger partial charge in [-0.05, 0) is 38.0 Å². The molecule has 114 valence electrons. The standard InChI is InChI=1S/C17H18N2O3/c1-11-7-8-12(2)16(9-11)13(3)18-17(20)14-5-4-6-15(10-14)19(21)22/h4-10,13H,1-3H3,(H,18,20). The van der Waals surface area contributed by atoms with E-state index in [-0.39, 0.29) is 23.2 Å². The third kappa shape index (κ3) is 3.49. The van der Waals surface area contributed by atoms with Crippen LogP contribution in [0, 0.1) is 24.0 Å². The fraction of sp³-hybridized carbons (Fsp3) is 0.235. The number of non-ortho nitro benzene ring substituents is 1. The van der Waals surface area contributed by atoms with Crippen molar-refractivity contribution in [3.8, 4) is 0 Å². The molecule has 0 radical (unpaired) electrons. The maximum Gasteiger partial charge on any atom is 0.270 e. The second-order valence-electron chi connectivity index (χ2n) is 5.36. The zero-order valence-electron chi connectivity index (χ0n) is 12.8. The molecule has 1 amide bonds. The molecule has 5 heteroatoms. The van der Waals surface area contributed by atoms with Crippen molar-refractivity contribution in [2.75, 3.05) is 0 Å². The molecule has 0 saturated carbocycles. The summed E-state index contributed by atoms with van der Waals surface area (Å²) in [4.78, 5) is 22.5. The molecular formula is C17H18N2O3. The molecule has 0 fully saturated rings. The van der Waals surface area contributed by atoms with Crippen LogP contribution in [0.5, 0.6) is 0 Å². The van der Waals surface area contributed by atoms with Gasteiger partial charge in [-0.2, -0.15) is 0 Å². The number of benzene rings is 2. The predicted octanol–water partition coefficient (Wildman–Crippen LogP) is 3.70. The average Bonchev–Trinajstić information content (AvgIpc) is 2.49. The number of rotatable bonds is 4. The third-order valence-electron chi connectivity index (χ3n) is 3.57. The predicted molar refractivity (Wildman–Crippen MR) is 84.9 cm³/mol. The summed E-state index contributed by atoms with van der Waals surface area (Å²) in [6.45, 7) is 5.89. The number of carbonyl (C=O) groups excluding carboxylic acids is 1. The van der Waals surface area contributed by atoms with Crippen LogP contribution in [0.2, 0.25) is 0 Å². The number of amides is 1. The van der Waals surface area contributed by atoms with Crippen molar-refractivity contribution < 1.29 is 9.72 Å². The van der Waals surface area contributed by atoms with Gasteiger partial charge in [0.1, 0.15) is 0 Å². The summed E-state index contributed by atoms with van der Waals surface area (Å²) in [5.41, 5.74) is 3.45. The van der Waals surface area contributed by atoms with Crippen molar-refractivity contribution in [1.82, 2.24) is 5.32 Å². The van der Waals surface area contributed by atoms with E-state index in [2.05, 4.69) is 5.32 Å². The van der Waals surface area contributed by atoms with Crippen molar-refractivity contribution in [3.63, 3.8) is 0 Å². The quantitative estimate of drug-likeness (QED) is 0.691. The Morgan fingerprint density at radius 1 is 1.18 bits per heavy atom. The lowest BCUT2D eigenvalue weighted by atomic mass is 9.99. The molecule has 2 aromatic carbocycles. The molecule has 0 bridgehead atoms. The van der Waals surface area contributed by atoms with Crippen LogP contribution in [0.4, 0.5) is 5.69 Å². The minimum absolute atomic E-state index is 0.0907. The maximum atomic E-state index is 12.3. The van der Waals surface area contributed by atoms with Crippen molar-refractivity contribution >= 4 is 11.6 Å². The molecule has 2 aromatic rings. The van der Waals surface area contributed by atoms with Crippen LogP contribution in [0.3, 0.4) is 0 Å². The minimum atomic E-state index is -0.509. The van der Waals surface area contributed by atoms with E-state index in [9.17, 15) is 14.9 Å². The molecular weight excluding hydrogens is 280 g/mol. The lowest BCUT2D eigenvalue weighted by molar-refractivity contribution is -0.384. The van der Waals surface area contributed by atoms with E-state index >= 15 is 0 Å². The number of hydrogen-bond acceptors (Lipinski definition) is 3. The first kappa shape index (κ1) is 15.7. The summed E-state index contributed by atoms with van der Waals surface area (Å²) in [5, 5.41) is 13.7. The lowest BCUT2D eigenvalue weighted by Gasteiger charge is -2.17. The van der Waals surface area contributed by atoms with E-state index in [1.54, 1.807) is 6.07 Å². The molecule has 0 aliphatic heterocycles. The molecule has 0 heterocycles. The van der Waals surface area contributed by atoms with E-state index in [1.165, 1.54) is 18.2 Å². The second-order valence-corrected chi connectivity index (χ2v) is 5.36. The number of nitrogens with zero attached hydrogens (tertiary/aromatic N) is 1. The van der Waals surface area contributed by atoms with Gasteiger partial charge in [0, 0.05) is 17.7 Å². The summed E-state index contributed by atoms with van der Waals surface area (Å²) in [6, 6.07) is 11.6. The van der Waals surface area contributed by atoms with Gasteiger partial charge in [0.15, 0.2) is 0 Å². The van der Waals surface area contributed by atoms with Crippen molar-refractivity contribution in [1.29, 1.82) is 0 Å². The zero-order chi connectivity index (χ0) is 16.3. The Kier molecular flexibility index (Phi) is 4.56. The highest BCUT2D eigenvalue weighted by atomic mass is 16.6. The molecule has 0 spiro atoms. The molecule has 5 nitrogen and oxygen atoms in total. The van der Waals surface area contributed by atoms with Gasteiger partial charge in [0.2, 0.25) is 0 Å². The molecule has 22 heavy (non-hydrogen) atoms. The number of nitrogens with one attached hydrogen (secondary N) is 1. The Balaban J connectivity index is 2.19. The second kappa shape index (κ2) is 6.39. The average molecular weight is 298 g/mol. The Hall–Kier alpha value is -2.69. The van der Waals surface area contributed by atoms with E-state index in [0.29, 0.717) is 0 Å². The van der Waals surface area contributed by atoms with Gasteiger partial charge in [0.25, 0.3) is 11.6 Å². The van der Waals surface area contributed by atoms with Crippen LogP contribution >= 0.6 is 0 Å². The number of aryl methyl sites for hydroxylation is 2.